The largest absolute Gasteiger partial charge is 0.317 e. The molecule has 0 bridgehead atoms. The van der Waals surface area contributed by atoms with Crippen LogP contribution in [0.1, 0.15) is 12.8 Å². The van der Waals surface area contributed by atoms with Gasteiger partial charge < -0.3 is 10.2 Å². The zero-order valence-electron chi connectivity index (χ0n) is 6.41. The molecule has 0 aromatic carbocycles. The summed E-state index contributed by atoms with van der Waals surface area (Å²) in [7, 11) is 0. The molecule has 5 heteroatoms. The molecule has 3 N–H and O–H groups in total. The van der Waals surface area contributed by atoms with Crippen LogP contribution in [0, 0.1) is 5.92 Å². The third-order valence-corrected chi connectivity index (χ3v) is 1.79. The van der Waals surface area contributed by atoms with Gasteiger partial charge in [-0.25, -0.2) is 5.90 Å². The highest BCUT2D eigenvalue weighted by molar-refractivity contribution is 5.85. The van der Waals surface area contributed by atoms with Gasteiger partial charge >= 0.3 is 0 Å². The van der Waals surface area contributed by atoms with Crippen molar-refractivity contribution in [2.45, 2.75) is 12.8 Å². The second kappa shape index (κ2) is 8.56. The van der Waals surface area contributed by atoms with Gasteiger partial charge in [-0.05, 0) is 31.8 Å². The highest BCUT2D eigenvalue weighted by Crippen LogP contribution is 2.10. The van der Waals surface area contributed by atoms with Gasteiger partial charge in [0.05, 0.1) is 6.61 Å². The molecule has 0 radical (unpaired) electrons. The molecule has 1 saturated heterocycles. The molecule has 1 aliphatic heterocycles. The van der Waals surface area contributed by atoms with Crippen molar-refractivity contribution in [3.63, 3.8) is 0 Å². The molecule has 0 unspecified atom stereocenters. The van der Waals surface area contributed by atoms with E-state index in [1.54, 1.807) is 0 Å². The van der Waals surface area contributed by atoms with Crippen molar-refractivity contribution in [1.82, 2.24) is 5.32 Å². The highest BCUT2D eigenvalue weighted by atomic mass is 35.5. The minimum absolute atomic E-state index is 0. The van der Waals surface area contributed by atoms with E-state index < -0.39 is 0 Å². The van der Waals surface area contributed by atoms with Gasteiger partial charge in [-0.2, -0.15) is 0 Å². The van der Waals surface area contributed by atoms with Crippen LogP contribution >= 0.6 is 24.8 Å². The third-order valence-electron chi connectivity index (χ3n) is 1.79. The molecule has 1 fully saturated rings. The number of piperidine rings is 1. The molecular formula is C6H16Cl2N2O. The molecule has 1 aliphatic rings. The minimum Gasteiger partial charge on any atom is -0.317 e. The molecule has 3 nitrogen and oxygen atoms in total. The predicted molar refractivity (Wildman–Crippen MR) is 50.2 cm³/mol. The van der Waals surface area contributed by atoms with Gasteiger partial charge in [0, 0.05) is 0 Å². The Bertz CT molecular complexity index is 76.2. The van der Waals surface area contributed by atoms with E-state index in [1.165, 1.54) is 12.8 Å². The van der Waals surface area contributed by atoms with Gasteiger partial charge in [0.25, 0.3) is 0 Å². The Balaban J connectivity index is 0. The van der Waals surface area contributed by atoms with Gasteiger partial charge in [-0.15, -0.1) is 24.8 Å². The fourth-order valence-corrected chi connectivity index (χ4v) is 1.18. The fourth-order valence-electron chi connectivity index (χ4n) is 1.18. The first-order valence-corrected chi connectivity index (χ1v) is 3.46. The monoisotopic (exact) mass is 202 g/mol. The van der Waals surface area contributed by atoms with E-state index in [1.807, 2.05) is 0 Å². The summed E-state index contributed by atoms with van der Waals surface area (Å²) in [4.78, 5) is 4.55. The molecule has 0 aromatic rings. The second-order valence-electron chi connectivity index (χ2n) is 2.53. The second-order valence-corrected chi connectivity index (χ2v) is 2.53. The Morgan fingerprint density at radius 3 is 2.27 bits per heavy atom. The van der Waals surface area contributed by atoms with Crippen molar-refractivity contribution < 1.29 is 4.84 Å². The average molecular weight is 203 g/mol. The molecule has 0 aromatic heterocycles. The zero-order valence-corrected chi connectivity index (χ0v) is 8.05. The van der Waals surface area contributed by atoms with Gasteiger partial charge in [0.2, 0.25) is 0 Å². The first kappa shape index (κ1) is 14.0. The Kier molecular flexibility index (Phi) is 10.9. The summed E-state index contributed by atoms with van der Waals surface area (Å²) >= 11 is 0. The quantitative estimate of drug-likeness (QED) is 0.650. The number of hydrogen-bond acceptors (Lipinski definition) is 3. The molecule has 0 amide bonds. The summed E-state index contributed by atoms with van der Waals surface area (Å²) in [6.45, 7) is 2.96. The van der Waals surface area contributed by atoms with Crippen molar-refractivity contribution >= 4 is 24.8 Å². The maximum atomic E-state index is 4.94. The maximum absolute atomic E-state index is 4.94. The summed E-state index contributed by atoms with van der Waals surface area (Å²) in [6, 6.07) is 0. The number of nitrogens with two attached hydrogens (primary N) is 1. The number of hydrogen-bond donors (Lipinski definition) is 2. The number of halogens is 2. The van der Waals surface area contributed by atoms with Crippen LogP contribution in [-0.4, -0.2) is 19.7 Å². The van der Waals surface area contributed by atoms with Gasteiger partial charge in [-0.3, -0.25) is 0 Å². The minimum atomic E-state index is 0. The van der Waals surface area contributed by atoms with E-state index in [-0.39, 0.29) is 24.8 Å². The topological polar surface area (TPSA) is 47.3 Å². The standard InChI is InChI=1S/C6H14N2O.2ClH/c7-9-5-6-1-3-8-4-2-6;;/h6,8H,1-5,7H2;2*1H. The number of nitrogens with one attached hydrogen (secondary N) is 1. The lowest BCUT2D eigenvalue weighted by Gasteiger charge is -2.20. The van der Waals surface area contributed by atoms with E-state index in [0.29, 0.717) is 5.92 Å². The van der Waals surface area contributed by atoms with Crippen LogP contribution in [0.4, 0.5) is 0 Å². The van der Waals surface area contributed by atoms with Crippen molar-refractivity contribution in [3.05, 3.63) is 0 Å². The predicted octanol–water partition coefficient (Wildman–Crippen LogP) is 0.720. The maximum Gasteiger partial charge on any atom is 0.0708 e. The van der Waals surface area contributed by atoms with Crippen LogP contribution in [0.5, 0.6) is 0 Å². The van der Waals surface area contributed by atoms with Crippen LogP contribution < -0.4 is 11.2 Å². The summed E-state index contributed by atoms with van der Waals surface area (Å²) in [6.07, 6.45) is 2.41. The van der Waals surface area contributed by atoms with Crippen molar-refractivity contribution in [1.29, 1.82) is 0 Å². The van der Waals surface area contributed by atoms with Gasteiger partial charge in [0.1, 0.15) is 0 Å². The van der Waals surface area contributed by atoms with E-state index >= 15 is 0 Å². The van der Waals surface area contributed by atoms with E-state index in [4.69, 9.17) is 5.90 Å². The SMILES string of the molecule is Cl.Cl.NOCC1CCNCC1. The third kappa shape index (κ3) is 5.70. The lowest BCUT2D eigenvalue weighted by Crippen LogP contribution is -2.30. The molecule has 0 spiro atoms. The Labute approximate surface area is 79.8 Å². The molecule has 0 aliphatic carbocycles. The summed E-state index contributed by atoms with van der Waals surface area (Å²) in [5.41, 5.74) is 0. The smallest absolute Gasteiger partial charge is 0.0708 e. The van der Waals surface area contributed by atoms with Crippen LogP contribution in [-0.2, 0) is 4.84 Å². The van der Waals surface area contributed by atoms with Crippen LogP contribution in [0.2, 0.25) is 0 Å². The average Bonchev–Trinajstić information content (AvgIpc) is 1.91. The van der Waals surface area contributed by atoms with Crippen molar-refractivity contribution in [3.8, 4) is 0 Å². The van der Waals surface area contributed by atoms with Crippen LogP contribution in [0.15, 0.2) is 0 Å². The normalized spacial score (nSPS) is 18.3. The molecule has 11 heavy (non-hydrogen) atoms. The molecule has 1 rings (SSSR count). The fraction of sp³-hybridized carbons (Fsp3) is 1.00. The molecule has 1 heterocycles. The Hall–Kier alpha value is 0.460. The van der Waals surface area contributed by atoms with E-state index in [0.717, 1.165) is 19.7 Å². The van der Waals surface area contributed by atoms with Gasteiger partial charge in [0.15, 0.2) is 0 Å². The molecule has 70 valence electrons. The molecule has 0 saturated carbocycles. The summed E-state index contributed by atoms with van der Waals surface area (Å²) in [5, 5.41) is 3.28. The molecule has 0 atom stereocenters. The van der Waals surface area contributed by atoms with Crippen molar-refractivity contribution in [2.24, 2.45) is 11.8 Å². The number of rotatable bonds is 2. The lowest BCUT2D eigenvalue weighted by atomic mass is 10.00. The van der Waals surface area contributed by atoms with Crippen LogP contribution in [0.25, 0.3) is 0 Å². The zero-order chi connectivity index (χ0) is 6.53. The van der Waals surface area contributed by atoms with E-state index in [2.05, 4.69) is 10.2 Å². The first-order valence-electron chi connectivity index (χ1n) is 3.46. The first-order chi connectivity index (χ1) is 4.43. The molecular weight excluding hydrogens is 187 g/mol. The summed E-state index contributed by atoms with van der Waals surface area (Å²) < 4.78 is 0. The van der Waals surface area contributed by atoms with Gasteiger partial charge in [-0.1, -0.05) is 0 Å². The highest BCUT2D eigenvalue weighted by Gasteiger charge is 2.11. The van der Waals surface area contributed by atoms with Crippen molar-refractivity contribution in [2.75, 3.05) is 19.7 Å². The van der Waals surface area contributed by atoms with E-state index in [9.17, 15) is 0 Å². The van der Waals surface area contributed by atoms with Crippen LogP contribution in [0.3, 0.4) is 0 Å². The Morgan fingerprint density at radius 1 is 1.27 bits per heavy atom. The lowest BCUT2D eigenvalue weighted by molar-refractivity contribution is 0.0892. The summed E-state index contributed by atoms with van der Waals surface area (Å²) in [5.74, 6) is 5.63. The Morgan fingerprint density at radius 2 is 1.82 bits per heavy atom.